The van der Waals surface area contributed by atoms with Gasteiger partial charge in [0.05, 0.1) is 17.1 Å². The molecule has 0 amide bonds. The van der Waals surface area contributed by atoms with Crippen molar-refractivity contribution < 1.29 is 14.3 Å². The number of carbonyl (C=O) groups is 2. The Bertz CT molecular complexity index is 1040. The van der Waals surface area contributed by atoms with Crippen molar-refractivity contribution in [3.63, 3.8) is 0 Å². The fraction of sp³-hybridized carbons (Fsp3) is 0.211. The average Bonchev–Trinajstić information content (AvgIpc) is 3.05. The molecule has 0 aliphatic rings. The Labute approximate surface area is 154 Å². The van der Waals surface area contributed by atoms with Gasteiger partial charge in [-0.2, -0.15) is 5.26 Å². The van der Waals surface area contributed by atoms with E-state index in [9.17, 15) is 14.9 Å². The number of esters is 1. The summed E-state index contributed by atoms with van der Waals surface area (Å²) < 4.78 is 5.17. The van der Waals surface area contributed by atoms with E-state index in [0.29, 0.717) is 27.2 Å². The predicted octanol–water partition coefficient (Wildman–Crippen LogP) is 3.34. The number of ketones is 1. The zero-order valence-electron chi connectivity index (χ0n) is 14.2. The minimum Gasteiger partial charge on any atom is -0.454 e. The highest BCUT2D eigenvalue weighted by Crippen LogP contribution is 2.22. The zero-order valence-corrected chi connectivity index (χ0v) is 15.0. The molecule has 0 bridgehead atoms. The lowest BCUT2D eigenvalue weighted by molar-refractivity contribution is -0.122. The summed E-state index contributed by atoms with van der Waals surface area (Å²) in [5.41, 5.74) is 2.45. The molecule has 0 radical (unpaired) electrons. The van der Waals surface area contributed by atoms with Gasteiger partial charge in [-0.25, -0.2) is 9.78 Å². The Morgan fingerprint density at radius 1 is 1.23 bits per heavy atom. The van der Waals surface area contributed by atoms with Gasteiger partial charge in [0.15, 0.2) is 18.3 Å². The molecule has 0 aliphatic heterocycles. The van der Waals surface area contributed by atoms with Crippen LogP contribution in [0.5, 0.6) is 0 Å². The normalized spacial score (nSPS) is 11.7. The second-order valence-electron chi connectivity index (χ2n) is 5.76. The molecular formula is C19H15N3O3S. The van der Waals surface area contributed by atoms with Crippen LogP contribution in [0.25, 0.3) is 10.9 Å². The molecule has 1 aromatic carbocycles. The third-order valence-electron chi connectivity index (χ3n) is 3.74. The summed E-state index contributed by atoms with van der Waals surface area (Å²) in [7, 11) is 0. The van der Waals surface area contributed by atoms with Crippen LogP contribution in [-0.4, -0.2) is 28.3 Å². The van der Waals surface area contributed by atoms with E-state index in [1.807, 2.05) is 12.1 Å². The monoisotopic (exact) mass is 365 g/mol. The van der Waals surface area contributed by atoms with Crippen molar-refractivity contribution in [1.29, 1.82) is 5.26 Å². The molecule has 0 unspecified atom stereocenters. The smallest absolute Gasteiger partial charge is 0.339 e. The van der Waals surface area contributed by atoms with Gasteiger partial charge in [0.1, 0.15) is 5.01 Å². The van der Waals surface area contributed by atoms with Crippen molar-refractivity contribution >= 4 is 34.0 Å². The molecule has 0 saturated carbocycles. The summed E-state index contributed by atoms with van der Waals surface area (Å²) in [5, 5.41) is 12.1. The van der Waals surface area contributed by atoms with Gasteiger partial charge in [-0.3, -0.25) is 9.78 Å². The number of nitrogens with zero attached hydrogens (tertiary/aromatic N) is 3. The van der Waals surface area contributed by atoms with Gasteiger partial charge in [0, 0.05) is 22.2 Å². The SMILES string of the molecule is Cc1csc([C@@H](C#N)C(=O)COC(=O)c2cc(C)nc3ccccc23)n1. The van der Waals surface area contributed by atoms with Crippen molar-refractivity contribution in [1.82, 2.24) is 9.97 Å². The van der Waals surface area contributed by atoms with Crippen LogP contribution in [0.4, 0.5) is 0 Å². The Balaban J connectivity index is 1.77. The summed E-state index contributed by atoms with van der Waals surface area (Å²) in [6, 6.07) is 10.8. The van der Waals surface area contributed by atoms with Crippen molar-refractivity contribution in [2.24, 2.45) is 0 Å². The van der Waals surface area contributed by atoms with Crippen LogP contribution in [-0.2, 0) is 9.53 Å². The maximum Gasteiger partial charge on any atom is 0.339 e. The molecule has 0 spiro atoms. The van der Waals surface area contributed by atoms with Crippen LogP contribution < -0.4 is 0 Å². The van der Waals surface area contributed by atoms with Crippen LogP contribution >= 0.6 is 11.3 Å². The van der Waals surface area contributed by atoms with E-state index in [1.54, 1.807) is 43.5 Å². The van der Waals surface area contributed by atoms with Crippen LogP contribution in [0.3, 0.4) is 0 Å². The molecule has 3 aromatic rings. The van der Waals surface area contributed by atoms with Crippen LogP contribution in [0.2, 0.25) is 0 Å². The number of fused-ring (bicyclic) bond motifs is 1. The Morgan fingerprint density at radius 3 is 2.69 bits per heavy atom. The summed E-state index contributed by atoms with van der Waals surface area (Å²) in [5.74, 6) is -2.14. The molecule has 26 heavy (non-hydrogen) atoms. The Hall–Kier alpha value is -3.11. The Morgan fingerprint density at radius 2 is 2.00 bits per heavy atom. The molecule has 0 fully saturated rings. The molecule has 0 N–H and O–H groups in total. The third kappa shape index (κ3) is 3.60. The zero-order chi connectivity index (χ0) is 18.7. The van der Waals surface area contributed by atoms with E-state index in [1.165, 1.54) is 11.3 Å². The minimum atomic E-state index is -1.03. The number of aryl methyl sites for hydroxylation is 2. The van der Waals surface area contributed by atoms with E-state index in [-0.39, 0.29) is 0 Å². The van der Waals surface area contributed by atoms with E-state index >= 15 is 0 Å². The van der Waals surface area contributed by atoms with Crippen molar-refractivity contribution in [3.05, 3.63) is 57.7 Å². The summed E-state index contributed by atoms with van der Waals surface area (Å²) in [6.45, 7) is 3.09. The number of aromatic nitrogens is 2. The molecule has 6 nitrogen and oxygen atoms in total. The number of Topliss-reactive ketones (excluding diaryl/α,β-unsaturated/α-hetero) is 1. The third-order valence-corrected chi connectivity index (χ3v) is 4.77. The van der Waals surface area contributed by atoms with E-state index in [2.05, 4.69) is 9.97 Å². The number of hydrogen-bond donors (Lipinski definition) is 0. The molecule has 2 aromatic heterocycles. The second-order valence-corrected chi connectivity index (χ2v) is 6.65. The molecule has 2 heterocycles. The summed E-state index contributed by atoms with van der Waals surface area (Å²) in [6.07, 6.45) is 0. The molecule has 7 heteroatoms. The highest BCUT2D eigenvalue weighted by Gasteiger charge is 2.25. The second kappa shape index (κ2) is 7.42. The standard InChI is InChI=1S/C19H15N3O3S/c1-11-7-14(13-5-3-4-6-16(13)21-11)19(24)25-9-17(23)15(8-20)18-22-12(2)10-26-18/h3-7,10,15H,9H2,1-2H3/t15-/m0/s1. The van der Waals surface area contributed by atoms with Crippen LogP contribution in [0.15, 0.2) is 35.7 Å². The number of carbonyl (C=O) groups excluding carboxylic acids is 2. The van der Waals surface area contributed by atoms with Gasteiger partial charge in [-0.1, -0.05) is 18.2 Å². The first-order valence-electron chi connectivity index (χ1n) is 7.87. The number of ether oxygens (including phenoxy) is 1. The molecule has 0 saturated heterocycles. The van der Waals surface area contributed by atoms with Crippen molar-refractivity contribution in [3.8, 4) is 6.07 Å². The molecular weight excluding hydrogens is 350 g/mol. The fourth-order valence-corrected chi connectivity index (χ4v) is 3.41. The van der Waals surface area contributed by atoms with Gasteiger partial charge < -0.3 is 4.74 Å². The van der Waals surface area contributed by atoms with Crippen LogP contribution in [0, 0.1) is 25.2 Å². The van der Waals surface area contributed by atoms with E-state index < -0.39 is 24.3 Å². The first-order valence-corrected chi connectivity index (χ1v) is 8.75. The number of nitriles is 1. The van der Waals surface area contributed by atoms with Gasteiger partial charge in [0.2, 0.25) is 0 Å². The minimum absolute atomic E-state index is 0.347. The highest BCUT2D eigenvalue weighted by atomic mass is 32.1. The number of thiazole rings is 1. The Kier molecular flexibility index (Phi) is 5.05. The lowest BCUT2D eigenvalue weighted by Gasteiger charge is -2.09. The largest absolute Gasteiger partial charge is 0.454 e. The van der Waals surface area contributed by atoms with Gasteiger partial charge in [0.25, 0.3) is 0 Å². The average molecular weight is 365 g/mol. The van der Waals surface area contributed by atoms with Crippen LogP contribution in [0.1, 0.15) is 32.7 Å². The molecule has 3 rings (SSSR count). The topological polar surface area (TPSA) is 92.9 Å². The van der Waals surface area contributed by atoms with Crippen molar-refractivity contribution in [2.75, 3.05) is 6.61 Å². The number of hydrogen-bond acceptors (Lipinski definition) is 7. The molecule has 130 valence electrons. The highest BCUT2D eigenvalue weighted by molar-refractivity contribution is 7.09. The quantitative estimate of drug-likeness (QED) is 0.644. The number of rotatable bonds is 5. The lowest BCUT2D eigenvalue weighted by Crippen LogP contribution is -2.20. The van der Waals surface area contributed by atoms with E-state index in [4.69, 9.17) is 4.74 Å². The first kappa shape index (κ1) is 17.7. The molecule has 0 aliphatic carbocycles. The van der Waals surface area contributed by atoms with Gasteiger partial charge in [-0.05, 0) is 26.0 Å². The molecule has 1 atom stereocenters. The summed E-state index contributed by atoms with van der Waals surface area (Å²) in [4.78, 5) is 33.3. The number of pyridine rings is 1. The van der Waals surface area contributed by atoms with Gasteiger partial charge in [-0.15, -0.1) is 11.3 Å². The predicted molar refractivity (Wildman–Crippen MR) is 97.0 cm³/mol. The van der Waals surface area contributed by atoms with Crippen molar-refractivity contribution in [2.45, 2.75) is 19.8 Å². The number of para-hydroxylation sites is 1. The first-order chi connectivity index (χ1) is 12.5. The van der Waals surface area contributed by atoms with Gasteiger partial charge >= 0.3 is 5.97 Å². The fourth-order valence-electron chi connectivity index (χ4n) is 2.54. The summed E-state index contributed by atoms with van der Waals surface area (Å²) >= 11 is 1.24. The number of benzene rings is 1. The maximum atomic E-state index is 12.5. The lowest BCUT2D eigenvalue weighted by atomic mass is 10.1. The maximum absolute atomic E-state index is 12.5. The van der Waals surface area contributed by atoms with E-state index in [0.717, 1.165) is 5.69 Å².